The van der Waals surface area contributed by atoms with Crippen molar-refractivity contribution in [3.63, 3.8) is 0 Å². The molecule has 1 aromatic carbocycles. The Bertz CT molecular complexity index is 845. The van der Waals surface area contributed by atoms with Crippen molar-refractivity contribution in [3.05, 3.63) is 66.0 Å². The maximum Gasteiger partial charge on any atom is 0.257 e. The molecule has 0 saturated heterocycles. The van der Waals surface area contributed by atoms with Crippen LogP contribution in [0.5, 0.6) is 0 Å². The second-order valence-corrected chi connectivity index (χ2v) is 4.37. The zero-order chi connectivity index (χ0) is 14.7. The van der Waals surface area contributed by atoms with Gasteiger partial charge in [0.15, 0.2) is 0 Å². The fourth-order valence-corrected chi connectivity index (χ4v) is 2.01. The molecular weight excluding hydrogens is 264 g/mol. The first kappa shape index (κ1) is 12.8. The molecule has 0 unspecified atom stereocenters. The van der Waals surface area contributed by atoms with Crippen LogP contribution in [-0.4, -0.2) is 15.9 Å². The highest BCUT2D eigenvalue weighted by Gasteiger charge is 2.11. The van der Waals surface area contributed by atoms with Gasteiger partial charge in [-0.3, -0.25) is 9.78 Å². The van der Waals surface area contributed by atoms with Crippen LogP contribution in [0.15, 0.2) is 54.9 Å². The summed E-state index contributed by atoms with van der Waals surface area (Å²) in [5.41, 5.74) is 1.74. The zero-order valence-corrected chi connectivity index (χ0v) is 10.9. The predicted molar refractivity (Wildman–Crippen MR) is 78.6 cm³/mol. The van der Waals surface area contributed by atoms with Crippen LogP contribution in [0, 0.1) is 11.3 Å². The minimum atomic E-state index is -0.259. The lowest BCUT2D eigenvalue weighted by molar-refractivity contribution is 0.102. The first-order chi connectivity index (χ1) is 10.3. The number of carbonyl (C=O) groups is 1. The number of hydrogen-bond acceptors (Lipinski definition) is 4. The molecule has 0 radical (unpaired) electrons. The lowest BCUT2D eigenvalue weighted by Crippen LogP contribution is -2.13. The fourth-order valence-electron chi connectivity index (χ4n) is 2.01. The van der Waals surface area contributed by atoms with Crippen molar-refractivity contribution < 1.29 is 4.79 Å². The van der Waals surface area contributed by atoms with Crippen molar-refractivity contribution >= 4 is 22.6 Å². The predicted octanol–water partition coefficient (Wildman–Crippen LogP) is 2.75. The molecule has 0 saturated carbocycles. The van der Waals surface area contributed by atoms with Crippen LogP contribution in [0.25, 0.3) is 10.9 Å². The molecule has 3 aromatic rings. The third-order valence-electron chi connectivity index (χ3n) is 3.03. The molecular formula is C16H10N4O. The number of benzene rings is 1. The van der Waals surface area contributed by atoms with Crippen LogP contribution in [0.1, 0.15) is 15.9 Å². The monoisotopic (exact) mass is 274 g/mol. The summed E-state index contributed by atoms with van der Waals surface area (Å²) in [5, 5.41) is 12.2. The van der Waals surface area contributed by atoms with E-state index >= 15 is 0 Å². The molecule has 5 heteroatoms. The number of carbonyl (C=O) groups excluding carboxylic acids is 1. The molecule has 0 aliphatic carbocycles. The van der Waals surface area contributed by atoms with E-state index in [1.165, 1.54) is 6.20 Å². The molecule has 100 valence electrons. The van der Waals surface area contributed by atoms with Gasteiger partial charge in [-0.2, -0.15) is 5.26 Å². The van der Waals surface area contributed by atoms with E-state index in [0.717, 1.165) is 10.9 Å². The Hall–Kier alpha value is -3.26. The Labute approximate surface area is 120 Å². The molecule has 5 nitrogen and oxygen atoms in total. The van der Waals surface area contributed by atoms with Crippen LogP contribution in [0.2, 0.25) is 0 Å². The molecule has 0 aliphatic heterocycles. The van der Waals surface area contributed by atoms with Crippen LogP contribution in [0.4, 0.5) is 5.82 Å². The van der Waals surface area contributed by atoms with E-state index in [9.17, 15) is 4.79 Å². The Morgan fingerprint density at radius 2 is 1.95 bits per heavy atom. The second kappa shape index (κ2) is 5.39. The van der Waals surface area contributed by atoms with Gasteiger partial charge < -0.3 is 5.32 Å². The number of aromatic nitrogens is 2. The fraction of sp³-hybridized carbons (Fsp3) is 0. The Kier molecular flexibility index (Phi) is 3.27. The standard InChI is InChI=1S/C16H10N4O/c17-9-11-5-6-15(19-10-11)20-16(21)13-7-8-18-14-4-2-1-3-12(13)14/h1-8,10H,(H,19,20,21). The van der Waals surface area contributed by atoms with Crippen LogP contribution >= 0.6 is 0 Å². The van der Waals surface area contributed by atoms with E-state index in [4.69, 9.17) is 5.26 Å². The zero-order valence-electron chi connectivity index (χ0n) is 10.9. The third kappa shape index (κ3) is 2.55. The number of rotatable bonds is 2. The molecule has 0 bridgehead atoms. The number of para-hydroxylation sites is 1. The summed E-state index contributed by atoms with van der Waals surface area (Å²) in [6.45, 7) is 0. The van der Waals surface area contributed by atoms with E-state index in [0.29, 0.717) is 16.9 Å². The van der Waals surface area contributed by atoms with E-state index in [2.05, 4.69) is 15.3 Å². The van der Waals surface area contributed by atoms with Crippen molar-refractivity contribution in [1.29, 1.82) is 5.26 Å². The molecule has 21 heavy (non-hydrogen) atoms. The van der Waals surface area contributed by atoms with Gasteiger partial charge in [-0.25, -0.2) is 4.98 Å². The minimum absolute atomic E-state index is 0.259. The van der Waals surface area contributed by atoms with Crippen molar-refractivity contribution in [2.45, 2.75) is 0 Å². The van der Waals surface area contributed by atoms with Gasteiger partial charge in [0.2, 0.25) is 0 Å². The number of nitriles is 1. The normalized spacial score (nSPS) is 10.0. The molecule has 1 N–H and O–H groups in total. The average molecular weight is 274 g/mol. The molecule has 2 heterocycles. The largest absolute Gasteiger partial charge is 0.307 e. The van der Waals surface area contributed by atoms with E-state index in [1.54, 1.807) is 24.4 Å². The highest BCUT2D eigenvalue weighted by atomic mass is 16.1. The lowest BCUT2D eigenvalue weighted by Gasteiger charge is -2.07. The maximum atomic E-state index is 12.3. The number of anilines is 1. The lowest BCUT2D eigenvalue weighted by atomic mass is 10.1. The molecule has 1 amide bonds. The minimum Gasteiger partial charge on any atom is -0.307 e. The quantitative estimate of drug-likeness (QED) is 0.779. The van der Waals surface area contributed by atoms with Gasteiger partial charge in [-0.1, -0.05) is 18.2 Å². The highest BCUT2D eigenvalue weighted by Crippen LogP contribution is 2.17. The van der Waals surface area contributed by atoms with Crippen LogP contribution in [0.3, 0.4) is 0 Å². The van der Waals surface area contributed by atoms with Crippen molar-refractivity contribution in [3.8, 4) is 6.07 Å². The van der Waals surface area contributed by atoms with Crippen molar-refractivity contribution in [2.75, 3.05) is 5.32 Å². The Balaban J connectivity index is 1.92. The van der Waals surface area contributed by atoms with Gasteiger partial charge in [0, 0.05) is 17.8 Å². The summed E-state index contributed by atoms with van der Waals surface area (Å²) in [7, 11) is 0. The first-order valence-electron chi connectivity index (χ1n) is 6.29. The molecule has 0 aliphatic rings. The summed E-state index contributed by atoms with van der Waals surface area (Å²) in [6.07, 6.45) is 3.02. The number of amides is 1. The third-order valence-corrected chi connectivity index (χ3v) is 3.03. The van der Waals surface area contributed by atoms with Crippen molar-refractivity contribution in [1.82, 2.24) is 9.97 Å². The van der Waals surface area contributed by atoms with E-state index in [1.807, 2.05) is 30.3 Å². The number of fused-ring (bicyclic) bond motifs is 1. The van der Waals surface area contributed by atoms with Gasteiger partial charge in [0.1, 0.15) is 11.9 Å². The molecule has 3 rings (SSSR count). The summed E-state index contributed by atoms with van der Waals surface area (Å²) < 4.78 is 0. The summed E-state index contributed by atoms with van der Waals surface area (Å²) >= 11 is 0. The summed E-state index contributed by atoms with van der Waals surface area (Å²) in [4.78, 5) is 20.6. The molecule has 0 atom stereocenters. The SMILES string of the molecule is N#Cc1ccc(NC(=O)c2ccnc3ccccc23)nc1. The topological polar surface area (TPSA) is 78.7 Å². The van der Waals surface area contributed by atoms with Gasteiger partial charge in [0.25, 0.3) is 5.91 Å². The molecule has 0 fully saturated rings. The van der Waals surface area contributed by atoms with Crippen molar-refractivity contribution in [2.24, 2.45) is 0 Å². The Morgan fingerprint density at radius 3 is 2.71 bits per heavy atom. The number of hydrogen-bond donors (Lipinski definition) is 1. The first-order valence-corrected chi connectivity index (χ1v) is 6.29. The van der Waals surface area contributed by atoms with E-state index < -0.39 is 0 Å². The summed E-state index contributed by atoms with van der Waals surface area (Å²) in [5.74, 6) is 0.144. The van der Waals surface area contributed by atoms with Gasteiger partial charge >= 0.3 is 0 Å². The van der Waals surface area contributed by atoms with Gasteiger partial charge in [-0.05, 0) is 24.3 Å². The number of nitrogens with zero attached hydrogens (tertiary/aromatic N) is 3. The Morgan fingerprint density at radius 1 is 1.10 bits per heavy atom. The number of pyridine rings is 2. The van der Waals surface area contributed by atoms with Crippen LogP contribution in [-0.2, 0) is 0 Å². The van der Waals surface area contributed by atoms with Gasteiger partial charge in [0.05, 0.1) is 16.6 Å². The average Bonchev–Trinajstić information content (AvgIpc) is 2.55. The molecule has 2 aromatic heterocycles. The smallest absolute Gasteiger partial charge is 0.257 e. The van der Waals surface area contributed by atoms with Crippen LogP contribution < -0.4 is 5.32 Å². The van der Waals surface area contributed by atoms with Gasteiger partial charge in [-0.15, -0.1) is 0 Å². The highest BCUT2D eigenvalue weighted by molar-refractivity contribution is 6.11. The second-order valence-electron chi connectivity index (χ2n) is 4.37. The molecule has 0 spiro atoms. The van der Waals surface area contributed by atoms with E-state index in [-0.39, 0.29) is 5.91 Å². The summed E-state index contributed by atoms with van der Waals surface area (Å²) in [6, 6.07) is 14.3. The number of nitrogens with one attached hydrogen (secondary N) is 1. The maximum absolute atomic E-state index is 12.3.